The van der Waals surface area contributed by atoms with Crippen LogP contribution < -0.4 is 10.0 Å². The highest BCUT2D eigenvalue weighted by Crippen LogP contribution is 2.17. The van der Waals surface area contributed by atoms with Crippen molar-refractivity contribution in [2.75, 3.05) is 7.05 Å². The average Bonchev–Trinajstić information content (AvgIpc) is 1.95. The second-order valence-electron chi connectivity index (χ2n) is 2.33. The average molecular weight is 185 g/mol. The Balaban J connectivity index is 2.90. The maximum absolute atomic E-state index is 3.05. The number of rotatable bonds is 2. The third-order valence-electron chi connectivity index (χ3n) is 1.41. The van der Waals surface area contributed by atoms with Gasteiger partial charge in [-0.25, -0.2) is 0 Å². The smallest absolute Gasteiger partial charge is 0.0257 e. The lowest BCUT2D eigenvalue weighted by Gasteiger charge is -2.03. The molecule has 0 aliphatic rings. The van der Waals surface area contributed by atoms with Crippen molar-refractivity contribution in [1.82, 2.24) is 4.72 Å². The molecule has 0 aliphatic heterocycles. The number of hydrogen-bond donors (Lipinski definition) is 1. The highest BCUT2D eigenvalue weighted by Gasteiger charge is 1.96. The topological polar surface area (TPSA) is 12.0 Å². The van der Waals surface area contributed by atoms with E-state index in [4.69, 9.17) is 0 Å². The minimum Gasteiger partial charge on any atom is -0.263 e. The first kappa shape index (κ1) is 9.05. The summed E-state index contributed by atoms with van der Waals surface area (Å²) in [5.74, 6) is 0. The largest absolute Gasteiger partial charge is 0.263 e. The minimum atomic E-state index is 1.24. The van der Waals surface area contributed by atoms with Gasteiger partial charge in [0.05, 0.1) is 0 Å². The lowest BCUT2D eigenvalue weighted by molar-refractivity contribution is 1.25. The maximum atomic E-state index is 3.05. The summed E-state index contributed by atoms with van der Waals surface area (Å²) in [6, 6.07) is 6.38. The van der Waals surface area contributed by atoms with Gasteiger partial charge in [-0.2, -0.15) is 0 Å². The van der Waals surface area contributed by atoms with E-state index in [9.17, 15) is 0 Å². The van der Waals surface area contributed by atoms with Crippen molar-refractivity contribution in [3.63, 3.8) is 0 Å². The molecule has 11 heavy (non-hydrogen) atoms. The molecular formula is C8H12NPS. The second kappa shape index (κ2) is 4.10. The summed E-state index contributed by atoms with van der Waals surface area (Å²) in [5.41, 5.74) is 1.32. The number of aryl methyl sites for hydroxylation is 1. The van der Waals surface area contributed by atoms with Crippen LogP contribution >= 0.6 is 21.2 Å². The van der Waals surface area contributed by atoms with E-state index in [1.165, 1.54) is 15.8 Å². The Bertz CT molecular complexity index is 250. The molecule has 0 aromatic heterocycles. The van der Waals surface area contributed by atoms with Gasteiger partial charge in [-0.15, -0.1) is 9.24 Å². The van der Waals surface area contributed by atoms with Crippen molar-refractivity contribution in [3.05, 3.63) is 23.8 Å². The lowest BCUT2D eigenvalue weighted by Crippen LogP contribution is -1.96. The van der Waals surface area contributed by atoms with E-state index in [0.717, 1.165) is 0 Å². The maximum Gasteiger partial charge on any atom is 0.0257 e. The van der Waals surface area contributed by atoms with Crippen LogP contribution in [-0.4, -0.2) is 7.05 Å². The molecule has 1 aromatic rings. The van der Waals surface area contributed by atoms with E-state index in [-0.39, 0.29) is 0 Å². The minimum absolute atomic E-state index is 1.24. The summed E-state index contributed by atoms with van der Waals surface area (Å²) < 4.78 is 3.05. The van der Waals surface area contributed by atoms with Crippen molar-refractivity contribution >= 4 is 26.5 Å². The van der Waals surface area contributed by atoms with Gasteiger partial charge in [-0.3, -0.25) is 4.72 Å². The molecule has 1 rings (SSSR count). The quantitative estimate of drug-likeness (QED) is 0.556. The van der Waals surface area contributed by atoms with Crippen molar-refractivity contribution in [2.45, 2.75) is 11.8 Å². The van der Waals surface area contributed by atoms with Crippen molar-refractivity contribution < 1.29 is 0 Å². The zero-order valence-electron chi connectivity index (χ0n) is 6.72. The van der Waals surface area contributed by atoms with E-state index < -0.39 is 0 Å². The molecule has 0 amide bonds. The Morgan fingerprint density at radius 3 is 2.73 bits per heavy atom. The molecule has 0 aliphatic carbocycles. The number of nitrogens with one attached hydrogen (secondary N) is 1. The van der Waals surface area contributed by atoms with Crippen LogP contribution in [0.2, 0.25) is 0 Å². The third-order valence-corrected chi connectivity index (χ3v) is 2.65. The first-order valence-corrected chi connectivity index (χ1v) is 4.83. The van der Waals surface area contributed by atoms with Gasteiger partial charge in [-0.1, -0.05) is 12.1 Å². The van der Waals surface area contributed by atoms with Crippen LogP contribution in [0.25, 0.3) is 0 Å². The molecule has 1 unspecified atom stereocenters. The monoisotopic (exact) mass is 185 g/mol. The molecule has 0 spiro atoms. The van der Waals surface area contributed by atoms with Gasteiger partial charge in [0.15, 0.2) is 0 Å². The molecular weight excluding hydrogens is 173 g/mol. The van der Waals surface area contributed by atoms with Crippen molar-refractivity contribution in [1.29, 1.82) is 0 Å². The fourth-order valence-electron chi connectivity index (χ4n) is 0.897. The number of benzene rings is 1. The fraction of sp³-hybridized carbons (Fsp3) is 0.250. The van der Waals surface area contributed by atoms with Gasteiger partial charge in [0.2, 0.25) is 0 Å². The predicted molar refractivity (Wildman–Crippen MR) is 55.4 cm³/mol. The summed E-state index contributed by atoms with van der Waals surface area (Å²) in [4.78, 5) is 1.29. The van der Waals surface area contributed by atoms with Crippen molar-refractivity contribution in [2.24, 2.45) is 0 Å². The van der Waals surface area contributed by atoms with Crippen LogP contribution in [0.15, 0.2) is 23.1 Å². The van der Waals surface area contributed by atoms with Crippen LogP contribution in [0, 0.1) is 6.92 Å². The molecule has 0 saturated heterocycles. The summed E-state index contributed by atoms with van der Waals surface area (Å²) in [6.07, 6.45) is 0. The normalized spacial score (nSPS) is 10.1. The Labute approximate surface area is 74.3 Å². The Morgan fingerprint density at radius 1 is 1.45 bits per heavy atom. The van der Waals surface area contributed by atoms with Crippen LogP contribution in [0.1, 0.15) is 5.56 Å². The molecule has 0 heterocycles. The first-order chi connectivity index (χ1) is 5.24. The fourth-order valence-corrected chi connectivity index (χ4v) is 1.82. The van der Waals surface area contributed by atoms with Gasteiger partial charge in [0.25, 0.3) is 0 Å². The van der Waals surface area contributed by atoms with Gasteiger partial charge in [0.1, 0.15) is 0 Å². The molecule has 1 atom stereocenters. The molecule has 60 valence electrons. The molecule has 3 heteroatoms. The lowest BCUT2D eigenvalue weighted by atomic mass is 10.2. The number of hydrogen-bond acceptors (Lipinski definition) is 2. The molecule has 1 aromatic carbocycles. The van der Waals surface area contributed by atoms with E-state index in [2.05, 4.69) is 39.1 Å². The van der Waals surface area contributed by atoms with E-state index in [1.54, 1.807) is 11.9 Å². The van der Waals surface area contributed by atoms with E-state index >= 15 is 0 Å². The predicted octanol–water partition coefficient (Wildman–Crippen LogP) is 1.72. The Hall–Kier alpha value is -0.0400. The molecule has 0 fully saturated rings. The van der Waals surface area contributed by atoms with Crippen molar-refractivity contribution in [3.8, 4) is 0 Å². The van der Waals surface area contributed by atoms with Gasteiger partial charge in [0, 0.05) is 4.90 Å². The molecule has 0 radical (unpaired) electrons. The van der Waals surface area contributed by atoms with Gasteiger partial charge < -0.3 is 0 Å². The van der Waals surface area contributed by atoms with Gasteiger partial charge in [-0.05, 0) is 42.9 Å². The van der Waals surface area contributed by atoms with Gasteiger partial charge >= 0.3 is 0 Å². The summed E-state index contributed by atoms with van der Waals surface area (Å²) >= 11 is 1.65. The van der Waals surface area contributed by atoms with Crippen LogP contribution in [0.5, 0.6) is 0 Å². The Morgan fingerprint density at radius 2 is 2.18 bits per heavy atom. The first-order valence-electron chi connectivity index (χ1n) is 3.43. The van der Waals surface area contributed by atoms with Crippen LogP contribution in [-0.2, 0) is 0 Å². The summed E-state index contributed by atoms with van der Waals surface area (Å²) in [6.45, 7) is 2.12. The third kappa shape index (κ3) is 2.48. The van der Waals surface area contributed by atoms with E-state index in [1.807, 2.05) is 7.05 Å². The standard InChI is InChI=1S/C8H12NPS/c1-6-5-7(10)3-4-8(6)11-9-2/h3-5,9H,10H2,1-2H3. The summed E-state index contributed by atoms with van der Waals surface area (Å²) in [5, 5.41) is 1.24. The molecule has 0 saturated carbocycles. The SMILES string of the molecule is CNSc1ccc(P)cc1C. The molecule has 0 bridgehead atoms. The molecule has 1 N–H and O–H groups in total. The van der Waals surface area contributed by atoms with Crippen LogP contribution in [0.4, 0.5) is 0 Å². The zero-order valence-corrected chi connectivity index (χ0v) is 8.69. The second-order valence-corrected chi connectivity index (χ2v) is 4.05. The van der Waals surface area contributed by atoms with Crippen LogP contribution in [0.3, 0.4) is 0 Å². The summed E-state index contributed by atoms with van der Waals surface area (Å²) in [7, 11) is 4.62. The van der Waals surface area contributed by atoms with E-state index in [0.29, 0.717) is 0 Å². The zero-order chi connectivity index (χ0) is 8.27. The highest BCUT2D eigenvalue weighted by molar-refractivity contribution is 7.97. The highest BCUT2D eigenvalue weighted by atomic mass is 32.2. The molecule has 1 nitrogen and oxygen atoms in total. The Kier molecular flexibility index (Phi) is 3.38.